The lowest BCUT2D eigenvalue weighted by atomic mass is 9.80. The lowest BCUT2D eigenvalue weighted by molar-refractivity contribution is 0.0978. The SMILES string of the molecule is O=C1c2cccc(C#Cc3cccc4cc5cccc(C#Cc6cc(-n7cccn7)nc(-n7cccn7)c6)c5cc34)c2C(=O)c2c(C#Cc3cccc4cc5cccc(C#Cc6cc(-n7cccn7)nc(-n7cccn7)c6)c5cc34)cccc21. The third-order valence-corrected chi connectivity index (χ3v) is 14.7. The average Bonchev–Trinajstić information content (AvgIpc) is 4.46. The van der Waals surface area contributed by atoms with Gasteiger partial charge in [-0.25, -0.2) is 28.7 Å². The predicted molar refractivity (Wildman–Crippen MR) is 324 cm³/mol. The molecule has 1 aliphatic rings. The number of benzene rings is 8. The number of carbonyl (C=O) groups is 2. The van der Waals surface area contributed by atoms with Gasteiger partial charge < -0.3 is 0 Å². The molecule has 0 unspecified atom stereocenters. The number of hydrogen-bond donors (Lipinski definition) is 0. The normalized spacial score (nSPS) is 11.5. The Bertz CT molecular complexity index is 4890. The second kappa shape index (κ2) is 20.3. The maximum atomic E-state index is 15.0. The van der Waals surface area contributed by atoms with E-state index >= 15 is 4.79 Å². The second-order valence-electron chi connectivity index (χ2n) is 19.9. The first-order chi connectivity index (χ1) is 41.4. The summed E-state index contributed by atoms with van der Waals surface area (Å²) in [7, 11) is 0. The maximum absolute atomic E-state index is 15.0. The van der Waals surface area contributed by atoms with Crippen LogP contribution in [0.3, 0.4) is 0 Å². The molecule has 84 heavy (non-hydrogen) atoms. The van der Waals surface area contributed by atoms with Gasteiger partial charge in [0.15, 0.2) is 34.8 Å². The minimum Gasteiger partial charge on any atom is -0.289 e. The van der Waals surface area contributed by atoms with Crippen molar-refractivity contribution in [3.05, 3.63) is 298 Å². The van der Waals surface area contributed by atoms with Crippen LogP contribution in [0.5, 0.6) is 0 Å². The van der Waals surface area contributed by atoms with E-state index in [9.17, 15) is 4.79 Å². The van der Waals surface area contributed by atoms with Crippen molar-refractivity contribution < 1.29 is 9.59 Å². The second-order valence-corrected chi connectivity index (χ2v) is 19.9. The number of fused-ring (bicyclic) bond motifs is 6. The fourth-order valence-corrected chi connectivity index (χ4v) is 10.8. The number of carbonyl (C=O) groups excluding carboxylic acids is 2. The molecule has 12 nitrogen and oxygen atoms in total. The number of aromatic nitrogens is 10. The molecule has 0 radical (unpaired) electrons. The molecule has 15 rings (SSSR count). The quantitative estimate of drug-likeness (QED) is 0.126. The van der Waals surface area contributed by atoms with E-state index in [4.69, 9.17) is 9.97 Å². The van der Waals surface area contributed by atoms with Crippen LogP contribution in [0.25, 0.3) is 66.4 Å². The molecule has 0 amide bonds. The summed E-state index contributed by atoms with van der Waals surface area (Å²) >= 11 is 0. The van der Waals surface area contributed by atoms with Crippen molar-refractivity contribution in [3.8, 4) is 70.6 Å². The zero-order valence-electron chi connectivity index (χ0n) is 44.2. The standard InChI is InChI=1S/C72H38N10O2/c83-71-59-21-5-15-53(29-27-51-13-3-19-57-43-55-17-1-11-49(61(55)45-63(51)57)25-23-47-39-65(79-35-7-31-73-79)77-66(40-47)80-36-8-32-74-80)69(59)72(84)70-54(16-6-22-60(70)71)30-28-52-14-4-20-58-44-56-18-2-12-50(62(56)46-64(52)58)26-24-48-41-67(81-37-9-33-75-81)78-68(42-48)82-38-10-34-76-82/h1-22,31-46H. The molecule has 1 aliphatic carbocycles. The first-order valence-electron chi connectivity index (χ1n) is 26.8. The minimum atomic E-state index is -0.306. The Hall–Kier alpha value is -12.5. The number of ketones is 2. The summed E-state index contributed by atoms with van der Waals surface area (Å²) in [5, 5.41) is 25.4. The third kappa shape index (κ3) is 8.90. The first kappa shape index (κ1) is 48.6. The van der Waals surface area contributed by atoms with Gasteiger partial charge in [0.25, 0.3) is 0 Å². The minimum absolute atomic E-state index is 0.258. The van der Waals surface area contributed by atoms with Gasteiger partial charge >= 0.3 is 0 Å². The van der Waals surface area contributed by atoms with Crippen LogP contribution in [-0.2, 0) is 0 Å². The van der Waals surface area contributed by atoms with Crippen LogP contribution in [0.1, 0.15) is 76.4 Å². The molecule has 0 atom stereocenters. The molecule has 6 heterocycles. The van der Waals surface area contributed by atoms with Gasteiger partial charge in [-0.1, -0.05) is 120 Å². The Morgan fingerprint density at radius 1 is 0.286 bits per heavy atom. The smallest absolute Gasteiger partial charge is 0.197 e. The molecule has 388 valence electrons. The maximum Gasteiger partial charge on any atom is 0.197 e. The largest absolute Gasteiger partial charge is 0.289 e. The van der Waals surface area contributed by atoms with Gasteiger partial charge in [0, 0.05) is 116 Å². The Labute approximate surface area is 480 Å². The lowest BCUT2D eigenvalue weighted by Crippen LogP contribution is -2.23. The number of rotatable bonds is 4. The van der Waals surface area contributed by atoms with Gasteiger partial charge in [-0.05, 0) is 152 Å². The van der Waals surface area contributed by atoms with Crippen LogP contribution in [-0.4, -0.2) is 60.7 Å². The number of pyridine rings is 2. The van der Waals surface area contributed by atoms with Crippen LogP contribution in [0.15, 0.2) is 232 Å². The van der Waals surface area contributed by atoms with Crippen LogP contribution < -0.4 is 0 Å². The highest BCUT2D eigenvalue weighted by Crippen LogP contribution is 2.34. The Kier molecular flexibility index (Phi) is 11.8. The molecule has 12 heteroatoms. The van der Waals surface area contributed by atoms with Gasteiger partial charge in [-0.3, -0.25) is 9.59 Å². The molecule has 6 aromatic heterocycles. The summed E-state index contributed by atoms with van der Waals surface area (Å²) in [6.07, 6.45) is 14.2. The van der Waals surface area contributed by atoms with Crippen LogP contribution >= 0.6 is 0 Å². The summed E-state index contributed by atoms with van der Waals surface area (Å²) in [6, 6.07) is 58.3. The molecular weight excluding hydrogens is 1040 g/mol. The molecular formula is C72H38N10O2. The molecule has 0 saturated heterocycles. The molecule has 0 spiro atoms. The highest BCUT2D eigenvalue weighted by molar-refractivity contribution is 6.30. The van der Waals surface area contributed by atoms with Gasteiger partial charge in [0.05, 0.1) is 0 Å². The van der Waals surface area contributed by atoms with E-state index in [1.807, 2.05) is 122 Å². The predicted octanol–water partition coefficient (Wildman–Crippen LogP) is 12.2. The van der Waals surface area contributed by atoms with E-state index in [2.05, 4.69) is 116 Å². The van der Waals surface area contributed by atoms with E-state index in [1.165, 1.54) is 0 Å². The van der Waals surface area contributed by atoms with E-state index in [0.29, 0.717) is 45.5 Å². The van der Waals surface area contributed by atoms with Crippen LogP contribution in [0.4, 0.5) is 0 Å². The molecule has 14 aromatic rings. The summed E-state index contributed by atoms with van der Waals surface area (Å²) in [6.45, 7) is 0. The van der Waals surface area contributed by atoms with Crippen molar-refractivity contribution in [2.75, 3.05) is 0 Å². The summed E-state index contributed by atoms with van der Waals surface area (Å²) in [4.78, 5) is 39.0. The first-order valence-corrected chi connectivity index (χ1v) is 26.8. The van der Waals surface area contributed by atoms with E-state index in [0.717, 1.165) is 76.5 Å². The van der Waals surface area contributed by atoms with Gasteiger partial charge in [0.2, 0.25) is 0 Å². The van der Waals surface area contributed by atoms with Crippen molar-refractivity contribution in [3.63, 3.8) is 0 Å². The number of nitrogens with zero attached hydrogens (tertiary/aromatic N) is 10. The van der Waals surface area contributed by atoms with Crippen molar-refractivity contribution >= 4 is 54.7 Å². The van der Waals surface area contributed by atoms with Crippen molar-refractivity contribution in [1.82, 2.24) is 49.1 Å². The third-order valence-electron chi connectivity index (χ3n) is 14.7. The van der Waals surface area contributed by atoms with E-state index < -0.39 is 0 Å². The monoisotopic (exact) mass is 1070 g/mol. The van der Waals surface area contributed by atoms with Gasteiger partial charge in [-0.15, -0.1) is 0 Å². The average molecular weight is 1080 g/mol. The Morgan fingerprint density at radius 3 is 0.905 bits per heavy atom. The lowest BCUT2D eigenvalue weighted by Gasteiger charge is -2.19. The Balaban J connectivity index is 0.761. The highest BCUT2D eigenvalue weighted by Gasteiger charge is 2.33. The van der Waals surface area contributed by atoms with Crippen LogP contribution in [0.2, 0.25) is 0 Å². The fraction of sp³-hybridized carbons (Fsp3) is 0. The molecule has 0 aliphatic heterocycles. The molecule has 0 N–H and O–H groups in total. The van der Waals surface area contributed by atoms with Crippen molar-refractivity contribution in [1.29, 1.82) is 0 Å². The zero-order valence-corrected chi connectivity index (χ0v) is 44.2. The topological polar surface area (TPSA) is 131 Å². The van der Waals surface area contributed by atoms with E-state index in [1.54, 1.807) is 79.9 Å². The fourth-order valence-electron chi connectivity index (χ4n) is 10.8. The molecule has 0 bridgehead atoms. The van der Waals surface area contributed by atoms with Gasteiger partial charge in [0.1, 0.15) is 0 Å². The van der Waals surface area contributed by atoms with Crippen molar-refractivity contribution in [2.45, 2.75) is 0 Å². The van der Waals surface area contributed by atoms with Crippen molar-refractivity contribution in [2.24, 2.45) is 0 Å². The highest BCUT2D eigenvalue weighted by atomic mass is 16.1. The summed E-state index contributed by atoms with van der Waals surface area (Å²) < 4.78 is 6.78. The number of hydrogen-bond acceptors (Lipinski definition) is 8. The molecule has 0 fully saturated rings. The Morgan fingerprint density at radius 2 is 0.583 bits per heavy atom. The van der Waals surface area contributed by atoms with E-state index in [-0.39, 0.29) is 22.7 Å². The summed E-state index contributed by atoms with van der Waals surface area (Å²) in [5.74, 6) is 29.0. The molecule has 0 saturated carbocycles. The van der Waals surface area contributed by atoms with Crippen LogP contribution in [0, 0.1) is 47.4 Å². The molecule has 8 aromatic carbocycles. The zero-order chi connectivity index (χ0) is 56.1. The summed E-state index contributed by atoms with van der Waals surface area (Å²) in [5.41, 5.74) is 6.70. The van der Waals surface area contributed by atoms with Gasteiger partial charge in [-0.2, -0.15) is 20.4 Å².